The predicted molar refractivity (Wildman–Crippen MR) is 58.9 cm³/mol. The van der Waals surface area contributed by atoms with Crippen LogP contribution in [0.5, 0.6) is 0 Å². The van der Waals surface area contributed by atoms with E-state index in [1.54, 1.807) is 0 Å². The van der Waals surface area contributed by atoms with Crippen LogP contribution in [0.4, 0.5) is 0 Å². The van der Waals surface area contributed by atoms with Crippen molar-refractivity contribution >= 4 is 0 Å². The molecule has 0 aromatic rings. The third kappa shape index (κ3) is 1.18. The SMILES string of the molecule is C=C1[C@H]2CC(O)[C@]1(C)CC[C@@H]2C(C)C. The molecule has 2 fully saturated rings. The van der Waals surface area contributed by atoms with Crippen molar-refractivity contribution < 1.29 is 5.11 Å². The van der Waals surface area contributed by atoms with Gasteiger partial charge in [-0.3, -0.25) is 0 Å². The Labute approximate surface area is 87.2 Å². The first kappa shape index (κ1) is 10.2. The molecule has 14 heavy (non-hydrogen) atoms. The molecule has 1 N–H and O–H groups in total. The van der Waals surface area contributed by atoms with Crippen LogP contribution < -0.4 is 0 Å². The number of fused-ring (bicyclic) bond motifs is 2. The molecule has 0 aliphatic heterocycles. The predicted octanol–water partition coefficient (Wildman–Crippen LogP) is 3.00. The molecule has 2 rings (SSSR count). The van der Waals surface area contributed by atoms with E-state index >= 15 is 0 Å². The summed E-state index contributed by atoms with van der Waals surface area (Å²) in [5, 5.41) is 10.1. The quantitative estimate of drug-likeness (QED) is 0.636. The molecular formula is C13H22O. The summed E-state index contributed by atoms with van der Waals surface area (Å²) >= 11 is 0. The van der Waals surface area contributed by atoms with Crippen molar-refractivity contribution in [3.8, 4) is 0 Å². The second-order valence-corrected chi connectivity index (χ2v) is 5.75. The van der Waals surface area contributed by atoms with Crippen LogP contribution in [0, 0.1) is 23.2 Å². The van der Waals surface area contributed by atoms with Crippen molar-refractivity contribution in [3.63, 3.8) is 0 Å². The van der Waals surface area contributed by atoms with Crippen molar-refractivity contribution in [1.29, 1.82) is 0 Å². The molecule has 2 saturated carbocycles. The molecule has 2 aliphatic carbocycles. The summed E-state index contributed by atoms with van der Waals surface area (Å²) in [5.41, 5.74) is 1.37. The van der Waals surface area contributed by atoms with E-state index in [1.165, 1.54) is 12.0 Å². The van der Waals surface area contributed by atoms with Gasteiger partial charge in [0.2, 0.25) is 0 Å². The minimum atomic E-state index is -0.135. The lowest BCUT2D eigenvalue weighted by Gasteiger charge is -2.39. The van der Waals surface area contributed by atoms with E-state index in [2.05, 4.69) is 27.4 Å². The normalized spacial score (nSPS) is 47.5. The van der Waals surface area contributed by atoms with Crippen LogP contribution in [0.25, 0.3) is 0 Å². The fraction of sp³-hybridized carbons (Fsp3) is 0.846. The summed E-state index contributed by atoms with van der Waals surface area (Å²) < 4.78 is 0. The van der Waals surface area contributed by atoms with Crippen LogP contribution in [0.1, 0.15) is 40.0 Å². The monoisotopic (exact) mass is 194 g/mol. The molecular weight excluding hydrogens is 172 g/mol. The summed E-state index contributed by atoms with van der Waals surface area (Å²) in [4.78, 5) is 0. The Balaban J connectivity index is 2.27. The minimum Gasteiger partial charge on any atom is -0.392 e. The van der Waals surface area contributed by atoms with E-state index in [4.69, 9.17) is 0 Å². The molecule has 0 radical (unpaired) electrons. The summed E-state index contributed by atoms with van der Waals surface area (Å²) in [5.74, 6) is 2.07. The Morgan fingerprint density at radius 3 is 2.71 bits per heavy atom. The van der Waals surface area contributed by atoms with Gasteiger partial charge < -0.3 is 5.11 Å². The second kappa shape index (κ2) is 3.10. The number of aliphatic hydroxyl groups is 1. The van der Waals surface area contributed by atoms with Crippen LogP contribution in [-0.2, 0) is 0 Å². The number of rotatable bonds is 1. The molecule has 1 nitrogen and oxygen atoms in total. The first-order valence-corrected chi connectivity index (χ1v) is 5.84. The molecule has 0 saturated heterocycles. The highest BCUT2D eigenvalue weighted by Gasteiger charge is 2.52. The summed E-state index contributed by atoms with van der Waals surface area (Å²) in [6.07, 6.45) is 3.23. The summed E-state index contributed by atoms with van der Waals surface area (Å²) in [6.45, 7) is 11.0. The molecule has 0 aromatic carbocycles. The average molecular weight is 194 g/mol. The topological polar surface area (TPSA) is 20.2 Å². The van der Waals surface area contributed by atoms with Crippen molar-refractivity contribution in [3.05, 3.63) is 12.2 Å². The lowest BCUT2D eigenvalue weighted by molar-refractivity contribution is 0.0780. The van der Waals surface area contributed by atoms with Crippen LogP contribution in [0.2, 0.25) is 0 Å². The van der Waals surface area contributed by atoms with E-state index in [-0.39, 0.29) is 11.5 Å². The Morgan fingerprint density at radius 1 is 1.50 bits per heavy atom. The van der Waals surface area contributed by atoms with Gasteiger partial charge in [-0.1, -0.05) is 32.9 Å². The van der Waals surface area contributed by atoms with Gasteiger partial charge in [0, 0.05) is 5.41 Å². The maximum Gasteiger partial charge on any atom is 0.0636 e. The Morgan fingerprint density at radius 2 is 2.14 bits per heavy atom. The summed E-state index contributed by atoms with van der Waals surface area (Å²) in [7, 11) is 0. The Hall–Kier alpha value is -0.300. The van der Waals surface area contributed by atoms with Gasteiger partial charge in [0.25, 0.3) is 0 Å². The van der Waals surface area contributed by atoms with Crippen LogP contribution >= 0.6 is 0 Å². The van der Waals surface area contributed by atoms with Gasteiger partial charge in [-0.25, -0.2) is 0 Å². The molecule has 80 valence electrons. The Kier molecular flexibility index (Phi) is 2.26. The molecule has 0 aromatic heterocycles. The van der Waals surface area contributed by atoms with Crippen LogP contribution in [0.3, 0.4) is 0 Å². The highest BCUT2D eigenvalue weighted by atomic mass is 16.3. The molecule has 1 unspecified atom stereocenters. The zero-order valence-electron chi connectivity index (χ0n) is 9.59. The summed E-state index contributed by atoms with van der Waals surface area (Å²) in [6, 6.07) is 0. The number of hydrogen-bond donors (Lipinski definition) is 1. The lowest BCUT2D eigenvalue weighted by Crippen LogP contribution is -2.32. The van der Waals surface area contributed by atoms with Gasteiger partial charge >= 0.3 is 0 Å². The van der Waals surface area contributed by atoms with Gasteiger partial charge in [0.1, 0.15) is 0 Å². The first-order chi connectivity index (χ1) is 6.47. The first-order valence-electron chi connectivity index (χ1n) is 5.84. The van der Waals surface area contributed by atoms with E-state index in [1.807, 2.05) is 0 Å². The zero-order chi connectivity index (χ0) is 10.5. The molecule has 1 heteroatoms. The number of hydrogen-bond acceptors (Lipinski definition) is 1. The van der Waals surface area contributed by atoms with Crippen molar-refractivity contribution in [1.82, 2.24) is 0 Å². The van der Waals surface area contributed by atoms with Gasteiger partial charge in [0.15, 0.2) is 0 Å². The van der Waals surface area contributed by atoms with Gasteiger partial charge in [-0.2, -0.15) is 0 Å². The molecule has 0 heterocycles. The smallest absolute Gasteiger partial charge is 0.0636 e. The van der Waals surface area contributed by atoms with Crippen molar-refractivity contribution in [2.75, 3.05) is 0 Å². The lowest BCUT2D eigenvalue weighted by atomic mass is 9.66. The molecule has 2 aliphatic rings. The van der Waals surface area contributed by atoms with E-state index in [0.717, 1.165) is 24.7 Å². The van der Waals surface area contributed by atoms with E-state index in [9.17, 15) is 5.11 Å². The fourth-order valence-electron chi connectivity index (χ4n) is 3.51. The molecule has 4 atom stereocenters. The van der Waals surface area contributed by atoms with Gasteiger partial charge in [-0.05, 0) is 37.0 Å². The highest BCUT2D eigenvalue weighted by Crippen LogP contribution is 2.57. The molecule has 0 amide bonds. The van der Waals surface area contributed by atoms with E-state index in [0.29, 0.717) is 5.92 Å². The van der Waals surface area contributed by atoms with Crippen LogP contribution in [0.15, 0.2) is 12.2 Å². The van der Waals surface area contributed by atoms with Crippen molar-refractivity contribution in [2.24, 2.45) is 23.2 Å². The molecule has 0 spiro atoms. The molecule has 2 bridgehead atoms. The standard InChI is InChI=1S/C13H22O/c1-8(2)10-5-6-13(4)9(3)11(10)7-12(13)14/h8,10-12,14H,3,5-7H2,1-2,4H3/t10-,11-,12?,13-/m1/s1. The van der Waals surface area contributed by atoms with Gasteiger partial charge in [0.05, 0.1) is 6.10 Å². The average Bonchev–Trinajstić information content (AvgIpc) is 2.28. The van der Waals surface area contributed by atoms with Crippen LogP contribution in [-0.4, -0.2) is 11.2 Å². The Bertz CT molecular complexity index is 256. The fourth-order valence-corrected chi connectivity index (χ4v) is 3.51. The highest BCUT2D eigenvalue weighted by molar-refractivity contribution is 5.25. The number of aliphatic hydroxyl groups excluding tert-OH is 1. The third-order valence-electron chi connectivity index (χ3n) is 4.76. The van der Waals surface area contributed by atoms with E-state index < -0.39 is 0 Å². The minimum absolute atomic E-state index is 0.0378. The maximum atomic E-state index is 10.1. The zero-order valence-corrected chi connectivity index (χ0v) is 9.59. The van der Waals surface area contributed by atoms with Gasteiger partial charge in [-0.15, -0.1) is 0 Å². The van der Waals surface area contributed by atoms with Crippen molar-refractivity contribution in [2.45, 2.75) is 46.1 Å². The second-order valence-electron chi connectivity index (χ2n) is 5.75. The maximum absolute atomic E-state index is 10.1. The third-order valence-corrected chi connectivity index (χ3v) is 4.76. The largest absolute Gasteiger partial charge is 0.392 e.